The molecule has 1 rings (SSSR count). The van der Waals surface area contributed by atoms with Gasteiger partial charge in [-0.1, -0.05) is 12.0 Å². The van der Waals surface area contributed by atoms with E-state index in [9.17, 15) is 9.18 Å². The third-order valence-corrected chi connectivity index (χ3v) is 2.26. The Morgan fingerprint density at radius 2 is 2.06 bits per heavy atom. The molecule has 0 fully saturated rings. The van der Waals surface area contributed by atoms with Crippen LogP contribution in [0.4, 0.5) is 4.39 Å². The first kappa shape index (κ1) is 13.7. The topological polar surface area (TPSA) is 26.3 Å². The first-order valence-corrected chi connectivity index (χ1v) is 5.78. The van der Waals surface area contributed by atoms with Crippen molar-refractivity contribution in [2.45, 2.75) is 26.4 Å². The summed E-state index contributed by atoms with van der Waals surface area (Å²) in [7, 11) is 0. The van der Waals surface area contributed by atoms with Crippen LogP contribution in [0.3, 0.4) is 0 Å². The molecule has 0 aliphatic heterocycles. The van der Waals surface area contributed by atoms with Gasteiger partial charge in [-0.25, -0.2) is 9.18 Å². The molecule has 0 N–H and O–H groups in total. The zero-order chi connectivity index (χ0) is 13.1. The van der Waals surface area contributed by atoms with Gasteiger partial charge < -0.3 is 4.74 Å². The van der Waals surface area contributed by atoms with Gasteiger partial charge in [-0.2, -0.15) is 0 Å². The molecule has 0 bridgehead atoms. The van der Waals surface area contributed by atoms with Crippen LogP contribution < -0.4 is 0 Å². The minimum absolute atomic E-state index is 0.158. The summed E-state index contributed by atoms with van der Waals surface area (Å²) in [6, 6.07) is 4.71. The number of esters is 1. The molecule has 90 valence electrons. The highest BCUT2D eigenvalue weighted by molar-refractivity contribution is 9.10. The lowest BCUT2D eigenvalue weighted by atomic mass is 10.2. The smallest absolute Gasteiger partial charge is 0.385 e. The van der Waals surface area contributed by atoms with Gasteiger partial charge in [0.15, 0.2) is 5.82 Å². The summed E-state index contributed by atoms with van der Waals surface area (Å²) in [5.74, 6) is 3.55. The van der Waals surface area contributed by atoms with Gasteiger partial charge >= 0.3 is 5.97 Å². The highest BCUT2D eigenvalue weighted by Crippen LogP contribution is 2.17. The molecule has 0 heterocycles. The number of halogens is 2. The maximum absolute atomic E-state index is 13.5. The quantitative estimate of drug-likeness (QED) is 0.543. The molecule has 0 radical (unpaired) electrons. The molecule has 0 aliphatic rings. The van der Waals surface area contributed by atoms with E-state index in [4.69, 9.17) is 4.74 Å². The Hall–Kier alpha value is -1.34. The lowest BCUT2D eigenvalue weighted by Gasteiger charge is -2.16. The standard InChI is InChI=1S/C13H12BrFO2/c1-13(2,3)17-11(16)8-7-9-5-4-6-10(14)12(9)15/h4-6H,1-3H3. The minimum Gasteiger partial charge on any atom is -0.450 e. The average molecular weight is 299 g/mol. The fourth-order valence-electron chi connectivity index (χ4n) is 1.02. The molecule has 0 saturated heterocycles. The van der Waals surface area contributed by atoms with Crippen LogP contribution in [0.1, 0.15) is 26.3 Å². The van der Waals surface area contributed by atoms with Gasteiger partial charge in [0.05, 0.1) is 10.0 Å². The van der Waals surface area contributed by atoms with Gasteiger partial charge in [-0.15, -0.1) is 0 Å². The summed E-state index contributed by atoms with van der Waals surface area (Å²) < 4.78 is 18.8. The van der Waals surface area contributed by atoms with Crippen molar-refractivity contribution in [3.63, 3.8) is 0 Å². The first-order valence-electron chi connectivity index (χ1n) is 4.98. The molecular formula is C13H12BrFO2. The number of hydrogen-bond acceptors (Lipinski definition) is 2. The Bertz CT molecular complexity index is 492. The molecule has 1 aromatic carbocycles. The number of ether oxygens (including phenoxy) is 1. The SMILES string of the molecule is CC(C)(C)OC(=O)C#Cc1cccc(Br)c1F. The third kappa shape index (κ3) is 4.58. The van der Waals surface area contributed by atoms with Crippen molar-refractivity contribution in [2.24, 2.45) is 0 Å². The first-order chi connectivity index (χ1) is 7.79. The number of carbonyl (C=O) groups excluding carboxylic acids is 1. The normalized spacial score (nSPS) is 10.4. The second-order valence-electron chi connectivity index (χ2n) is 4.35. The van der Waals surface area contributed by atoms with Gasteiger partial charge in [-0.05, 0) is 48.8 Å². The third-order valence-electron chi connectivity index (χ3n) is 1.65. The zero-order valence-corrected chi connectivity index (χ0v) is 11.4. The van der Waals surface area contributed by atoms with E-state index >= 15 is 0 Å². The van der Waals surface area contributed by atoms with Gasteiger partial charge in [-0.3, -0.25) is 0 Å². The fourth-order valence-corrected chi connectivity index (χ4v) is 1.39. The second-order valence-corrected chi connectivity index (χ2v) is 5.21. The fraction of sp³-hybridized carbons (Fsp3) is 0.308. The average Bonchev–Trinajstić information content (AvgIpc) is 2.18. The van der Waals surface area contributed by atoms with E-state index in [1.165, 1.54) is 6.07 Å². The van der Waals surface area contributed by atoms with Crippen LogP contribution in [0.15, 0.2) is 22.7 Å². The Kier molecular flexibility index (Phi) is 4.30. The van der Waals surface area contributed by atoms with Crippen LogP contribution in [0.5, 0.6) is 0 Å². The summed E-state index contributed by atoms with van der Waals surface area (Å²) in [5, 5.41) is 0. The largest absolute Gasteiger partial charge is 0.450 e. The van der Waals surface area contributed by atoms with Crippen LogP contribution >= 0.6 is 15.9 Å². The van der Waals surface area contributed by atoms with Gasteiger partial charge in [0, 0.05) is 5.92 Å². The van der Waals surface area contributed by atoms with E-state index in [1.807, 2.05) is 0 Å². The van der Waals surface area contributed by atoms with E-state index in [1.54, 1.807) is 32.9 Å². The van der Waals surface area contributed by atoms with E-state index in [0.717, 1.165) is 0 Å². The molecule has 2 nitrogen and oxygen atoms in total. The number of hydrogen-bond donors (Lipinski definition) is 0. The van der Waals surface area contributed by atoms with Crippen LogP contribution in [0.25, 0.3) is 0 Å². The second kappa shape index (κ2) is 5.33. The van der Waals surface area contributed by atoms with Crippen molar-refractivity contribution in [3.05, 3.63) is 34.1 Å². The Labute approximate surface area is 108 Å². The van der Waals surface area contributed by atoms with Crippen molar-refractivity contribution in [3.8, 4) is 11.8 Å². The summed E-state index contributed by atoms with van der Waals surface area (Å²) in [6.45, 7) is 5.23. The van der Waals surface area contributed by atoms with E-state index in [-0.39, 0.29) is 5.56 Å². The molecule has 0 atom stereocenters. The van der Waals surface area contributed by atoms with Crippen LogP contribution in [-0.4, -0.2) is 11.6 Å². The molecule has 0 amide bonds. The van der Waals surface area contributed by atoms with Crippen molar-refractivity contribution in [1.82, 2.24) is 0 Å². The predicted molar refractivity (Wildman–Crippen MR) is 66.8 cm³/mol. The monoisotopic (exact) mass is 298 g/mol. The molecule has 4 heteroatoms. The van der Waals surface area contributed by atoms with Crippen molar-refractivity contribution in [1.29, 1.82) is 0 Å². The van der Waals surface area contributed by atoms with E-state index in [2.05, 4.69) is 27.8 Å². The lowest BCUT2D eigenvalue weighted by Crippen LogP contribution is -2.22. The number of carbonyl (C=O) groups is 1. The highest BCUT2D eigenvalue weighted by atomic mass is 79.9. The van der Waals surface area contributed by atoms with Crippen LogP contribution in [-0.2, 0) is 9.53 Å². The summed E-state index contributed by atoms with van der Waals surface area (Å²) in [5.41, 5.74) is -0.438. The molecule has 0 spiro atoms. The van der Waals surface area contributed by atoms with Crippen LogP contribution in [0, 0.1) is 17.7 Å². The molecular weight excluding hydrogens is 287 g/mol. The molecule has 17 heavy (non-hydrogen) atoms. The Balaban J connectivity index is 2.86. The maximum atomic E-state index is 13.5. The highest BCUT2D eigenvalue weighted by Gasteiger charge is 2.14. The van der Waals surface area contributed by atoms with Crippen molar-refractivity contribution in [2.75, 3.05) is 0 Å². The molecule has 0 aromatic heterocycles. The zero-order valence-electron chi connectivity index (χ0n) is 9.80. The van der Waals surface area contributed by atoms with E-state index < -0.39 is 17.4 Å². The summed E-state index contributed by atoms with van der Waals surface area (Å²) in [6.07, 6.45) is 0. The maximum Gasteiger partial charge on any atom is 0.385 e. The van der Waals surface area contributed by atoms with Crippen molar-refractivity contribution >= 4 is 21.9 Å². The number of benzene rings is 1. The summed E-state index contributed by atoms with van der Waals surface area (Å²) in [4.78, 5) is 11.3. The molecule has 1 aromatic rings. The number of rotatable bonds is 0. The molecule has 0 unspecified atom stereocenters. The van der Waals surface area contributed by atoms with Crippen molar-refractivity contribution < 1.29 is 13.9 Å². The lowest BCUT2D eigenvalue weighted by molar-refractivity contribution is -0.147. The Morgan fingerprint density at radius 1 is 1.41 bits per heavy atom. The van der Waals surface area contributed by atoms with Gasteiger partial charge in [0.25, 0.3) is 0 Å². The Morgan fingerprint density at radius 3 is 2.65 bits per heavy atom. The van der Waals surface area contributed by atoms with Crippen LogP contribution in [0.2, 0.25) is 0 Å². The van der Waals surface area contributed by atoms with Gasteiger partial charge in [0.2, 0.25) is 0 Å². The molecule has 0 saturated carbocycles. The van der Waals surface area contributed by atoms with Gasteiger partial charge in [0.1, 0.15) is 5.60 Å². The minimum atomic E-state index is -0.670. The van der Waals surface area contributed by atoms with E-state index in [0.29, 0.717) is 4.47 Å². The summed E-state index contributed by atoms with van der Waals surface area (Å²) >= 11 is 3.04. The predicted octanol–water partition coefficient (Wildman–Crippen LogP) is 3.28. The molecule has 0 aliphatic carbocycles.